The first-order valence-electron chi connectivity index (χ1n) is 6.92. The summed E-state index contributed by atoms with van der Waals surface area (Å²) in [6.07, 6.45) is 0. The number of carbonyl (C=O) groups is 1. The normalized spacial score (nSPS) is 10.1. The van der Waals surface area contributed by atoms with Crippen LogP contribution in [0.5, 0.6) is 17.2 Å². The van der Waals surface area contributed by atoms with Crippen LogP contribution in [0.1, 0.15) is 15.9 Å². The fourth-order valence-electron chi connectivity index (χ4n) is 2.14. The monoisotopic (exact) mass is 335 g/mol. The fourth-order valence-corrected chi connectivity index (χ4v) is 2.34. The molecular weight excluding hydrogens is 318 g/mol. The van der Waals surface area contributed by atoms with E-state index in [1.165, 1.54) is 21.3 Å². The van der Waals surface area contributed by atoms with Crippen LogP contribution in [0, 0.1) is 0 Å². The van der Waals surface area contributed by atoms with Crippen LogP contribution in [-0.2, 0) is 6.54 Å². The van der Waals surface area contributed by atoms with Crippen molar-refractivity contribution in [1.29, 1.82) is 0 Å². The third-order valence-corrected chi connectivity index (χ3v) is 3.71. The van der Waals surface area contributed by atoms with Crippen molar-refractivity contribution in [1.82, 2.24) is 5.32 Å². The second-order valence-corrected chi connectivity index (χ2v) is 5.09. The Labute approximate surface area is 140 Å². The van der Waals surface area contributed by atoms with Gasteiger partial charge in [0.25, 0.3) is 5.91 Å². The van der Waals surface area contributed by atoms with E-state index in [4.69, 9.17) is 25.8 Å². The zero-order chi connectivity index (χ0) is 16.8. The molecule has 1 N–H and O–H groups in total. The SMILES string of the molecule is COc1cc(OC)c(C(=O)NCc2ccccc2Cl)c(OC)c1. The van der Waals surface area contributed by atoms with Gasteiger partial charge in [-0.15, -0.1) is 0 Å². The molecule has 0 aliphatic carbocycles. The third kappa shape index (κ3) is 3.87. The Morgan fingerprint density at radius 1 is 1.04 bits per heavy atom. The van der Waals surface area contributed by atoms with E-state index >= 15 is 0 Å². The van der Waals surface area contributed by atoms with Crippen molar-refractivity contribution in [3.05, 3.63) is 52.5 Å². The average molecular weight is 336 g/mol. The lowest BCUT2D eigenvalue weighted by molar-refractivity contribution is 0.0944. The van der Waals surface area contributed by atoms with Crippen LogP contribution < -0.4 is 19.5 Å². The highest BCUT2D eigenvalue weighted by Gasteiger charge is 2.20. The van der Waals surface area contributed by atoms with E-state index in [1.807, 2.05) is 18.2 Å². The summed E-state index contributed by atoms with van der Waals surface area (Å²) in [5.41, 5.74) is 1.14. The Bertz CT molecular complexity index is 678. The minimum Gasteiger partial charge on any atom is -0.496 e. The number of nitrogens with one attached hydrogen (secondary N) is 1. The van der Waals surface area contributed by atoms with Crippen molar-refractivity contribution in [3.63, 3.8) is 0 Å². The van der Waals surface area contributed by atoms with Crippen molar-refractivity contribution < 1.29 is 19.0 Å². The number of hydrogen-bond donors (Lipinski definition) is 1. The second-order valence-electron chi connectivity index (χ2n) is 4.68. The lowest BCUT2D eigenvalue weighted by Gasteiger charge is -2.15. The van der Waals surface area contributed by atoms with E-state index in [1.54, 1.807) is 18.2 Å². The van der Waals surface area contributed by atoms with E-state index in [2.05, 4.69) is 5.32 Å². The molecule has 122 valence electrons. The average Bonchev–Trinajstić information content (AvgIpc) is 2.59. The van der Waals surface area contributed by atoms with Crippen LogP contribution in [0.15, 0.2) is 36.4 Å². The zero-order valence-corrected chi connectivity index (χ0v) is 13.9. The molecule has 0 heterocycles. The van der Waals surface area contributed by atoms with E-state index in [9.17, 15) is 4.79 Å². The number of carbonyl (C=O) groups excluding carboxylic acids is 1. The molecule has 0 bridgehead atoms. The zero-order valence-electron chi connectivity index (χ0n) is 13.2. The Balaban J connectivity index is 2.26. The third-order valence-electron chi connectivity index (χ3n) is 3.34. The highest BCUT2D eigenvalue weighted by atomic mass is 35.5. The van der Waals surface area contributed by atoms with E-state index in [0.29, 0.717) is 34.4 Å². The summed E-state index contributed by atoms with van der Waals surface area (Å²) in [5.74, 6) is 0.971. The highest BCUT2D eigenvalue weighted by molar-refractivity contribution is 6.31. The van der Waals surface area contributed by atoms with Crippen LogP contribution >= 0.6 is 11.6 Å². The summed E-state index contributed by atoms with van der Waals surface area (Å²) < 4.78 is 15.7. The highest BCUT2D eigenvalue weighted by Crippen LogP contribution is 2.34. The van der Waals surface area contributed by atoms with Crippen LogP contribution in [0.3, 0.4) is 0 Å². The molecule has 0 saturated heterocycles. The van der Waals surface area contributed by atoms with Gasteiger partial charge in [0, 0.05) is 23.7 Å². The summed E-state index contributed by atoms with van der Waals surface area (Å²) in [7, 11) is 4.50. The molecule has 0 unspecified atom stereocenters. The Hall–Kier alpha value is -2.40. The Morgan fingerprint density at radius 2 is 1.65 bits per heavy atom. The number of hydrogen-bond acceptors (Lipinski definition) is 4. The molecule has 0 aliphatic rings. The largest absolute Gasteiger partial charge is 0.496 e. The molecule has 2 aromatic carbocycles. The summed E-state index contributed by atoms with van der Waals surface area (Å²) >= 11 is 6.09. The maximum absolute atomic E-state index is 12.5. The van der Waals surface area contributed by atoms with Crippen molar-refractivity contribution in [2.75, 3.05) is 21.3 Å². The predicted molar refractivity (Wildman–Crippen MR) is 88.7 cm³/mol. The van der Waals surface area contributed by atoms with Crippen molar-refractivity contribution in [2.24, 2.45) is 0 Å². The van der Waals surface area contributed by atoms with Gasteiger partial charge in [-0.2, -0.15) is 0 Å². The molecule has 2 aromatic rings. The molecule has 0 aromatic heterocycles. The summed E-state index contributed by atoms with van der Waals surface area (Å²) in [6.45, 7) is 0.302. The molecular formula is C17H18ClNO4. The standard InChI is InChI=1S/C17H18ClNO4/c1-21-12-8-14(22-2)16(15(9-12)23-3)17(20)19-10-11-6-4-5-7-13(11)18/h4-9H,10H2,1-3H3,(H,19,20). The first kappa shape index (κ1) is 17.0. The van der Waals surface area contributed by atoms with Crippen LogP contribution in [-0.4, -0.2) is 27.2 Å². The van der Waals surface area contributed by atoms with Crippen LogP contribution in [0.2, 0.25) is 5.02 Å². The molecule has 0 saturated carbocycles. The molecule has 0 atom stereocenters. The van der Waals surface area contributed by atoms with Crippen LogP contribution in [0.25, 0.3) is 0 Å². The number of benzene rings is 2. The van der Waals surface area contributed by atoms with Gasteiger partial charge in [0.05, 0.1) is 21.3 Å². The van der Waals surface area contributed by atoms with Crippen molar-refractivity contribution >= 4 is 17.5 Å². The molecule has 0 radical (unpaired) electrons. The number of amides is 1. The molecule has 0 aliphatic heterocycles. The predicted octanol–water partition coefficient (Wildman–Crippen LogP) is 3.30. The molecule has 5 nitrogen and oxygen atoms in total. The Kier molecular flexibility index (Phi) is 5.71. The fraction of sp³-hybridized carbons (Fsp3) is 0.235. The number of rotatable bonds is 6. The quantitative estimate of drug-likeness (QED) is 0.880. The first-order chi connectivity index (χ1) is 11.1. The first-order valence-corrected chi connectivity index (χ1v) is 7.30. The van der Waals surface area contributed by atoms with Gasteiger partial charge in [-0.3, -0.25) is 4.79 Å². The van der Waals surface area contributed by atoms with E-state index < -0.39 is 0 Å². The summed E-state index contributed by atoms with van der Waals surface area (Å²) in [4.78, 5) is 12.5. The van der Waals surface area contributed by atoms with E-state index in [0.717, 1.165) is 5.56 Å². The molecule has 23 heavy (non-hydrogen) atoms. The van der Waals surface area contributed by atoms with Gasteiger partial charge < -0.3 is 19.5 Å². The van der Waals surface area contributed by atoms with Crippen molar-refractivity contribution in [2.45, 2.75) is 6.54 Å². The maximum atomic E-state index is 12.5. The maximum Gasteiger partial charge on any atom is 0.259 e. The van der Waals surface area contributed by atoms with Crippen LogP contribution in [0.4, 0.5) is 0 Å². The lowest BCUT2D eigenvalue weighted by atomic mass is 10.1. The van der Waals surface area contributed by atoms with Gasteiger partial charge in [0.2, 0.25) is 0 Å². The van der Waals surface area contributed by atoms with Gasteiger partial charge in [-0.25, -0.2) is 0 Å². The van der Waals surface area contributed by atoms with E-state index in [-0.39, 0.29) is 5.91 Å². The van der Waals surface area contributed by atoms with Gasteiger partial charge in [0.15, 0.2) is 0 Å². The lowest BCUT2D eigenvalue weighted by Crippen LogP contribution is -2.24. The van der Waals surface area contributed by atoms with Crippen molar-refractivity contribution in [3.8, 4) is 17.2 Å². The molecule has 0 fully saturated rings. The molecule has 2 rings (SSSR count). The number of ether oxygens (including phenoxy) is 3. The number of halogens is 1. The Morgan fingerprint density at radius 3 is 2.17 bits per heavy atom. The smallest absolute Gasteiger partial charge is 0.259 e. The van der Waals surface area contributed by atoms with Gasteiger partial charge in [-0.1, -0.05) is 29.8 Å². The van der Waals surface area contributed by atoms with Gasteiger partial charge in [0.1, 0.15) is 22.8 Å². The topological polar surface area (TPSA) is 56.8 Å². The minimum atomic E-state index is -0.318. The second kappa shape index (κ2) is 7.74. The summed E-state index contributed by atoms with van der Waals surface area (Å²) in [5, 5.41) is 3.42. The van der Waals surface area contributed by atoms with Gasteiger partial charge in [-0.05, 0) is 11.6 Å². The molecule has 0 spiro atoms. The van der Waals surface area contributed by atoms with Gasteiger partial charge >= 0.3 is 0 Å². The summed E-state index contributed by atoms with van der Waals surface area (Å²) in [6, 6.07) is 10.6. The molecule has 6 heteroatoms. The number of methoxy groups -OCH3 is 3. The molecule has 1 amide bonds. The minimum absolute atomic E-state index is 0.302.